The van der Waals surface area contributed by atoms with E-state index in [1.54, 1.807) is 6.92 Å². The molecule has 7 nitrogen and oxygen atoms in total. The van der Waals surface area contributed by atoms with E-state index in [1.165, 1.54) is 7.05 Å². The first-order valence-electron chi connectivity index (χ1n) is 5.42. The SMILES string of the molecule is CNC(=O)CCNC(=O)NC(C)CCC(=O)O. The molecular weight excluding hydrogens is 226 g/mol. The predicted molar refractivity (Wildman–Crippen MR) is 61.5 cm³/mol. The van der Waals surface area contributed by atoms with Gasteiger partial charge in [-0.15, -0.1) is 0 Å². The Hall–Kier alpha value is -1.79. The fraction of sp³-hybridized carbons (Fsp3) is 0.700. The number of rotatable bonds is 7. The van der Waals surface area contributed by atoms with Crippen LogP contribution in [0.3, 0.4) is 0 Å². The number of hydrogen-bond acceptors (Lipinski definition) is 3. The molecule has 0 aliphatic rings. The van der Waals surface area contributed by atoms with Crippen LogP contribution in [-0.2, 0) is 9.59 Å². The average molecular weight is 245 g/mol. The van der Waals surface area contributed by atoms with E-state index in [0.29, 0.717) is 6.42 Å². The number of hydrogen-bond donors (Lipinski definition) is 4. The van der Waals surface area contributed by atoms with Gasteiger partial charge in [0.2, 0.25) is 5.91 Å². The van der Waals surface area contributed by atoms with Crippen LogP contribution < -0.4 is 16.0 Å². The average Bonchev–Trinajstić information content (AvgIpc) is 2.26. The monoisotopic (exact) mass is 245 g/mol. The lowest BCUT2D eigenvalue weighted by molar-refractivity contribution is -0.137. The van der Waals surface area contributed by atoms with Gasteiger partial charge in [0.25, 0.3) is 0 Å². The number of carbonyl (C=O) groups is 3. The van der Waals surface area contributed by atoms with Gasteiger partial charge < -0.3 is 21.1 Å². The zero-order chi connectivity index (χ0) is 13.3. The van der Waals surface area contributed by atoms with Crippen LogP contribution in [0.25, 0.3) is 0 Å². The minimum Gasteiger partial charge on any atom is -0.481 e. The molecule has 0 spiro atoms. The van der Waals surface area contributed by atoms with Crippen molar-refractivity contribution >= 4 is 17.9 Å². The summed E-state index contributed by atoms with van der Waals surface area (Å²) in [7, 11) is 1.52. The molecule has 1 atom stereocenters. The maximum absolute atomic E-state index is 11.3. The van der Waals surface area contributed by atoms with E-state index in [2.05, 4.69) is 16.0 Å². The van der Waals surface area contributed by atoms with Crippen molar-refractivity contribution in [1.82, 2.24) is 16.0 Å². The molecule has 0 saturated heterocycles. The Morgan fingerprint density at radius 3 is 2.41 bits per heavy atom. The number of carboxylic acids is 1. The van der Waals surface area contributed by atoms with Gasteiger partial charge >= 0.3 is 12.0 Å². The highest BCUT2D eigenvalue weighted by molar-refractivity contribution is 5.78. The summed E-state index contributed by atoms with van der Waals surface area (Å²) in [6.07, 6.45) is 0.602. The molecule has 4 N–H and O–H groups in total. The highest BCUT2D eigenvalue weighted by Gasteiger charge is 2.08. The molecule has 7 heteroatoms. The summed E-state index contributed by atoms with van der Waals surface area (Å²) in [5, 5.41) is 16.0. The number of amides is 3. The Balaban J connectivity index is 3.63. The summed E-state index contributed by atoms with van der Waals surface area (Å²) in [5.74, 6) is -1.04. The second kappa shape index (κ2) is 8.37. The molecule has 0 fully saturated rings. The van der Waals surface area contributed by atoms with E-state index in [9.17, 15) is 14.4 Å². The zero-order valence-corrected chi connectivity index (χ0v) is 10.1. The molecule has 98 valence electrons. The van der Waals surface area contributed by atoms with Crippen LogP contribution in [0.15, 0.2) is 0 Å². The number of nitrogens with one attached hydrogen (secondary N) is 3. The summed E-state index contributed by atoms with van der Waals surface area (Å²) in [6.45, 7) is 1.97. The fourth-order valence-electron chi connectivity index (χ4n) is 1.10. The van der Waals surface area contributed by atoms with Crippen LogP contribution in [0.5, 0.6) is 0 Å². The molecule has 0 aromatic rings. The van der Waals surface area contributed by atoms with Crippen LogP contribution in [0.1, 0.15) is 26.2 Å². The smallest absolute Gasteiger partial charge is 0.315 e. The highest BCUT2D eigenvalue weighted by Crippen LogP contribution is 1.95. The van der Waals surface area contributed by atoms with Gasteiger partial charge in [-0.3, -0.25) is 9.59 Å². The molecule has 0 saturated carbocycles. The van der Waals surface area contributed by atoms with Gasteiger partial charge in [0.1, 0.15) is 0 Å². The van der Waals surface area contributed by atoms with Crippen molar-refractivity contribution in [3.8, 4) is 0 Å². The second-order valence-electron chi connectivity index (χ2n) is 3.66. The molecule has 0 aliphatic carbocycles. The summed E-state index contributed by atoms with van der Waals surface area (Å²) < 4.78 is 0. The third-order valence-corrected chi connectivity index (χ3v) is 2.09. The highest BCUT2D eigenvalue weighted by atomic mass is 16.4. The predicted octanol–water partition coefficient (Wildman–Crippen LogP) is -0.325. The molecular formula is C10H19N3O4. The summed E-state index contributed by atoms with van der Waals surface area (Å²) in [6, 6.07) is -0.613. The largest absolute Gasteiger partial charge is 0.481 e. The molecule has 3 amide bonds. The third kappa shape index (κ3) is 9.16. The molecule has 0 radical (unpaired) electrons. The van der Waals surface area contributed by atoms with Crippen LogP contribution >= 0.6 is 0 Å². The summed E-state index contributed by atoms with van der Waals surface area (Å²) in [4.78, 5) is 32.4. The van der Waals surface area contributed by atoms with Crippen LogP contribution in [-0.4, -0.2) is 42.6 Å². The number of urea groups is 1. The lowest BCUT2D eigenvalue weighted by atomic mass is 10.2. The molecule has 1 unspecified atom stereocenters. The maximum atomic E-state index is 11.3. The Labute approximate surface area is 100.0 Å². The summed E-state index contributed by atoms with van der Waals surface area (Å²) in [5.41, 5.74) is 0. The third-order valence-electron chi connectivity index (χ3n) is 2.09. The Morgan fingerprint density at radius 1 is 1.24 bits per heavy atom. The van der Waals surface area contributed by atoms with E-state index in [0.717, 1.165) is 0 Å². The first kappa shape index (κ1) is 15.2. The molecule has 0 aromatic heterocycles. The first-order valence-corrected chi connectivity index (χ1v) is 5.42. The van der Waals surface area contributed by atoms with E-state index in [4.69, 9.17) is 5.11 Å². The quantitative estimate of drug-likeness (QED) is 0.492. The Bertz CT molecular complexity index is 281. The van der Waals surface area contributed by atoms with Crippen LogP contribution in [0.4, 0.5) is 4.79 Å². The normalized spacial score (nSPS) is 11.4. The first-order chi connectivity index (χ1) is 7.95. The minimum absolute atomic E-state index is 0.0136. The molecule has 0 rings (SSSR count). The van der Waals surface area contributed by atoms with Gasteiger partial charge in [0.15, 0.2) is 0 Å². The van der Waals surface area contributed by atoms with Crippen molar-refractivity contribution in [2.45, 2.75) is 32.2 Å². The van der Waals surface area contributed by atoms with Crippen molar-refractivity contribution < 1.29 is 19.5 Å². The molecule has 0 aliphatic heterocycles. The maximum Gasteiger partial charge on any atom is 0.315 e. The minimum atomic E-state index is -0.890. The fourth-order valence-corrected chi connectivity index (χ4v) is 1.10. The van der Waals surface area contributed by atoms with Crippen molar-refractivity contribution in [3.63, 3.8) is 0 Å². The Kier molecular flexibility index (Phi) is 7.49. The Morgan fingerprint density at radius 2 is 1.88 bits per heavy atom. The second-order valence-corrected chi connectivity index (χ2v) is 3.66. The molecule has 17 heavy (non-hydrogen) atoms. The summed E-state index contributed by atoms with van der Waals surface area (Å²) >= 11 is 0. The standard InChI is InChI=1S/C10H19N3O4/c1-7(3-4-9(15)16)13-10(17)12-6-5-8(14)11-2/h7H,3-6H2,1-2H3,(H,11,14)(H,15,16)(H2,12,13,17). The van der Waals surface area contributed by atoms with Gasteiger partial charge in [0, 0.05) is 32.5 Å². The molecule has 0 heterocycles. The van der Waals surface area contributed by atoms with E-state index >= 15 is 0 Å². The van der Waals surface area contributed by atoms with Gasteiger partial charge in [-0.25, -0.2) is 4.79 Å². The topological polar surface area (TPSA) is 108 Å². The van der Waals surface area contributed by atoms with Crippen molar-refractivity contribution in [1.29, 1.82) is 0 Å². The lowest BCUT2D eigenvalue weighted by Crippen LogP contribution is -2.42. The van der Waals surface area contributed by atoms with Gasteiger partial charge in [-0.05, 0) is 13.3 Å². The number of carboxylic acid groups (broad SMARTS) is 1. The molecule has 0 bridgehead atoms. The zero-order valence-electron chi connectivity index (χ0n) is 10.1. The number of carbonyl (C=O) groups excluding carboxylic acids is 2. The van der Waals surface area contributed by atoms with Gasteiger partial charge in [-0.1, -0.05) is 0 Å². The number of aliphatic carboxylic acids is 1. The van der Waals surface area contributed by atoms with E-state index < -0.39 is 12.0 Å². The van der Waals surface area contributed by atoms with E-state index in [1.807, 2.05) is 0 Å². The van der Waals surface area contributed by atoms with Crippen molar-refractivity contribution in [3.05, 3.63) is 0 Å². The van der Waals surface area contributed by atoms with Crippen molar-refractivity contribution in [2.75, 3.05) is 13.6 Å². The van der Waals surface area contributed by atoms with Gasteiger partial charge in [0.05, 0.1) is 0 Å². The lowest BCUT2D eigenvalue weighted by Gasteiger charge is -2.13. The van der Waals surface area contributed by atoms with Crippen molar-refractivity contribution in [2.24, 2.45) is 0 Å². The van der Waals surface area contributed by atoms with Gasteiger partial charge in [-0.2, -0.15) is 0 Å². The van der Waals surface area contributed by atoms with Crippen LogP contribution in [0, 0.1) is 0 Å². The van der Waals surface area contributed by atoms with Crippen LogP contribution in [0.2, 0.25) is 0 Å². The molecule has 0 aromatic carbocycles. The van der Waals surface area contributed by atoms with E-state index in [-0.39, 0.29) is 31.3 Å².